The number of hydrogen-bond donors (Lipinski definition) is 2. The van der Waals surface area contributed by atoms with Gasteiger partial charge in [-0.1, -0.05) is 6.07 Å². The normalized spacial score (nSPS) is 9.86. The lowest BCUT2D eigenvalue weighted by molar-refractivity contribution is 0.0960. The highest BCUT2D eigenvalue weighted by Crippen LogP contribution is 2.18. The third-order valence-electron chi connectivity index (χ3n) is 1.84. The second kappa shape index (κ2) is 4.62. The molecular weight excluding hydrogens is 182 g/mol. The van der Waals surface area contributed by atoms with Crippen LogP contribution < -0.4 is 5.32 Å². The van der Waals surface area contributed by atoms with Crippen LogP contribution in [-0.2, 0) is 11.3 Å². The Balaban J connectivity index is 3.01. The molecule has 0 aromatic heterocycles. The van der Waals surface area contributed by atoms with Gasteiger partial charge in [0.1, 0.15) is 5.75 Å². The average molecular weight is 195 g/mol. The van der Waals surface area contributed by atoms with Gasteiger partial charge in [0.2, 0.25) is 0 Å². The van der Waals surface area contributed by atoms with Crippen molar-refractivity contribution in [2.45, 2.75) is 6.61 Å². The van der Waals surface area contributed by atoms with E-state index in [1.165, 1.54) is 13.1 Å². The zero-order valence-corrected chi connectivity index (χ0v) is 8.20. The maximum Gasteiger partial charge on any atom is 0.254 e. The largest absolute Gasteiger partial charge is 0.507 e. The first-order valence-electron chi connectivity index (χ1n) is 4.22. The minimum atomic E-state index is -0.305. The van der Waals surface area contributed by atoms with Crippen molar-refractivity contribution in [2.75, 3.05) is 14.2 Å². The first kappa shape index (κ1) is 10.5. The molecule has 0 unspecified atom stereocenters. The highest BCUT2D eigenvalue weighted by Gasteiger charge is 2.09. The number of aromatic hydroxyl groups is 1. The molecule has 0 bridgehead atoms. The van der Waals surface area contributed by atoms with E-state index in [-0.39, 0.29) is 17.2 Å². The molecule has 1 rings (SSSR count). The Morgan fingerprint density at radius 2 is 2.29 bits per heavy atom. The Kier molecular flexibility index (Phi) is 3.48. The second-order valence-corrected chi connectivity index (χ2v) is 2.86. The third-order valence-corrected chi connectivity index (χ3v) is 1.84. The summed E-state index contributed by atoms with van der Waals surface area (Å²) in [6.45, 7) is 0.421. The van der Waals surface area contributed by atoms with Crippen molar-refractivity contribution in [1.82, 2.24) is 5.32 Å². The van der Waals surface area contributed by atoms with Crippen molar-refractivity contribution < 1.29 is 14.6 Å². The molecule has 0 atom stereocenters. The molecule has 1 aromatic carbocycles. The van der Waals surface area contributed by atoms with E-state index in [1.807, 2.05) is 0 Å². The standard InChI is InChI=1S/C10H13NO3/c1-11-10(13)8-5-7(6-14-2)3-4-9(8)12/h3-5,12H,6H2,1-2H3,(H,11,13). The molecule has 0 fully saturated rings. The van der Waals surface area contributed by atoms with Crippen molar-refractivity contribution >= 4 is 5.91 Å². The minimum absolute atomic E-state index is 0.0239. The number of benzene rings is 1. The number of rotatable bonds is 3. The smallest absolute Gasteiger partial charge is 0.254 e. The fourth-order valence-electron chi connectivity index (χ4n) is 1.16. The topological polar surface area (TPSA) is 58.6 Å². The molecule has 2 N–H and O–H groups in total. The number of hydrogen-bond acceptors (Lipinski definition) is 3. The van der Waals surface area contributed by atoms with Crippen molar-refractivity contribution in [2.24, 2.45) is 0 Å². The molecular formula is C10H13NO3. The van der Waals surface area contributed by atoms with E-state index < -0.39 is 0 Å². The molecule has 0 heterocycles. The van der Waals surface area contributed by atoms with Crippen LogP contribution in [-0.4, -0.2) is 25.2 Å². The van der Waals surface area contributed by atoms with Crippen LogP contribution in [0.25, 0.3) is 0 Å². The monoisotopic (exact) mass is 195 g/mol. The van der Waals surface area contributed by atoms with Crippen LogP contribution in [0.3, 0.4) is 0 Å². The number of carbonyl (C=O) groups is 1. The van der Waals surface area contributed by atoms with Crippen LogP contribution in [0.2, 0.25) is 0 Å². The summed E-state index contributed by atoms with van der Waals surface area (Å²) in [4.78, 5) is 11.3. The maximum atomic E-state index is 11.3. The number of amides is 1. The Morgan fingerprint density at radius 1 is 1.57 bits per heavy atom. The Hall–Kier alpha value is -1.55. The lowest BCUT2D eigenvalue weighted by atomic mass is 10.1. The maximum absolute atomic E-state index is 11.3. The number of methoxy groups -OCH3 is 1. The molecule has 1 amide bonds. The Labute approximate surface area is 82.5 Å². The molecule has 0 aliphatic carbocycles. The molecule has 1 aromatic rings. The summed E-state index contributed by atoms with van der Waals surface area (Å²) in [6.07, 6.45) is 0. The second-order valence-electron chi connectivity index (χ2n) is 2.86. The zero-order valence-electron chi connectivity index (χ0n) is 8.20. The molecule has 76 valence electrons. The van der Waals surface area contributed by atoms with Crippen LogP contribution in [0.1, 0.15) is 15.9 Å². The van der Waals surface area contributed by atoms with Gasteiger partial charge in [0, 0.05) is 14.2 Å². The van der Waals surface area contributed by atoms with E-state index in [1.54, 1.807) is 19.2 Å². The lowest BCUT2D eigenvalue weighted by Crippen LogP contribution is -2.18. The predicted octanol–water partition coefficient (Wildman–Crippen LogP) is 0.898. The quantitative estimate of drug-likeness (QED) is 0.753. The summed E-state index contributed by atoms with van der Waals surface area (Å²) in [5, 5.41) is 11.9. The Morgan fingerprint density at radius 3 is 2.86 bits per heavy atom. The number of ether oxygens (including phenoxy) is 1. The van der Waals surface area contributed by atoms with Crippen molar-refractivity contribution in [3.63, 3.8) is 0 Å². The zero-order chi connectivity index (χ0) is 10.6. The average Bonchev–Trinajstić information content (AvgIpc) is 2.20. The van der Waals surface area contributed by atoms with Crippen LogP contribution in [0.4, 0.5) is 0 Å². The molecule has 4 heteroatoms. The van der Waals surface area contributed by atoms with Gasteiger partial charge in [0.05, 0.1) is 12.2 Å². The summed E-state index contributed by atoms with van der Waals surface area (Å²) < 4.78 is 4.92. The van der Waals surface area contributed by atoms with Gasteiger partial charge < -0.3 is 15.2 Å². The van der Waals surface area contributed by atoms with Gasteiger partial charge in [-0.25, -0.2) is 0 Å². The van der Waals surface area contributed by atoms with Crippen LogP contribution >= 0.6 is 0 Å². The molecule has 0 saturated heterocycles. The van der Waals surface area contributed by atoms with Crippen molar-refractivity contribution in [3.05, 3.63) is 29.3 Å². The van der Waals surface area contributed by atoms with Crippen LogP contribution in [0.5, 0.6) is 5.75 Å². The van der Waals surface area contributed by atoms with E-state index in [0.717, 1.165) is 5.56 Å². The summed E-state index contributed by atoms with van der Waals surface area (Å²) in [5.41, 5.74) is 1.12. The third kappa shape index (κ3) is 2.23. The van der Waals surface area contributed by atoms with Gasteiger partial charge in [-0.2, -0.15) is 0 Å². The first-order chi connectivity index (χ1) is 6.69. The lowest BCUT2D eigenvalue weighted by Gasteiger charge is -2.05. The van der Waals surface area contributed by atoms with E-state index in [2.05, 4.69) is 5.32 Å². The molecule has 0 saturated carbocycles. The molecule has 0 aliphatic rings. The van der Waals surface area contributed by atoms with Gasteiger partial charge in [-0.3, -0.25) is 4.79 Å². The Bertz CT molecular complexity index is 336. The molecule has 0 aliphatic heterocycles. The van der Waals surface area contributed by atoms with Crippen molar-refractivity contribution in [1.29, 1.82) is 0 Å². The van der Waals surface area contributed by atoms with Gasteiger partial charge >= 0.3 is 0 Å². The van der Waals surface area contributed by atoms with Gasteiger partial charge in [0.15, 0.2) is 0 Å². The molecule has 14 heavy (non-hydrogen) atoms. The SMILES string of the molecule is CNC(=O)c1cc(COC)ccc1O. The van der Waals surface area contributed by atoms with E-state index in [0.29, 0.717) is 6.61 Å². The summed E-state index contributed by atoms with van der Waals surface area (Å²) >= 11 is 0. The predicted molar refractivity (Wildman–Crippen MR) is 52.2 cm³/mol. The van der Waals surface area contributed by atoms with Crippen LogP contribution in [0, 0.1) is 0 Å². The number of phenols is 1. The highest BCUT2D eigenvalue weighted by molar-refractivity contribution is 5.96. The number of nitrogens with one attached hydrogen (secondary N) is 1. The molecule has 0 radical (unpaired) electrons. The summed E-state index contributed by atoms with van der Waals surface area (Å²) in [7, 11) is 3.09. The van der Waals surface area contributed by atoms with Gasteiger partial charge in [0.25, 0.3) is 5.91 Å². The van der Waals surface area contributed by atoms with E-state index >= 15 is 0 Å². The van der Waals surface area contributed by atoms with Crippen LogP contribution in [0.15, 0.2) is 18.2 Å². The molecule has 4 nitrogen and oxygen atoms in total. The number of carbonyl (C=O) groups excluding carboxylic acids is 1. The van der Waals surface area contributed by atoms with Gasteiger partial charge in [-0.05, 0) is 17.7 Å². The highest BCUT2D eigenvalue weighted by atomic mass is 16.5. The minimum Gasteiger partial charge on any atom is -0.507 e. The van der Waals surface area contributed by atoms with Gasteiger partial charge in [-0.15, -0.1) is 0 Å². The summed E-state index contributed by atoms with van der Waals surface area (Å²) in [6, 6.07) is 4.81. The van der Waals surface area contributed by atoms with E-state index in [9.17, 15) is 9.90 Å². The van der Waals surface area contributed by atoms with E-state index in [4.69, 9.17) is 4.74 Å². The summed E-state index contributed by atoms with van der Waals surface area (Å²) in [5.74, 6) is -0.329. The first-order valence-corrected chi connectivity index (χ1v) is 4.22. The van der Waals surface area contributed by atoms with Crippen molar-refractivity contribution in [3.8, 4) is 5.75 Å². The molecule has 0 spiro atoms. The fraction of sp³-hybridized carbons (Fsp3) is 0.300. The number of phenolic OH excluding ortho intramolecular Hbond substituents is 1. The fourth-order valence-corrected chi connectivity index (χ4v) is 1.16.